The van der Waals surface area contributed by atoms with Crippen LogP contribution in [0.2, 0.25) is 0 Å². The summed E-state index contributed by atoms with van der Waals surface area (Å²) < 4.78 is 0. The number of carbonyl (C=O) groups is 6. The molecule has 9 nitrogen and oxygen atoms in total. The lowest BCUT2D eigenvalue weighted by Gasteiger charge is -2.26. The predicted molar refractivity (Wildman–Crippen MR) is 205 cm³/mol. The lowest BCUT2D eigenvalue weighted by atomic mass is 9.83. The minimum Gasteiger partial charge on any atom is -0.355 e. The fourth-order valence-corrected chi connectivity index (χ4v) is 6.09. The zero-order valence-corrected chi connectivity index (χ0v) is 30.7. The average molecular weight is 716 g/mol. The summed E-state index contributed by atoms with van der Waals surface area (Å²) in [6.45, 7) is 5.14. The number of benzene rings is 4. The minimum absolute atomic E-state index is 0.0496. The molecule has 9 heteroatoms. The molecule has 53 heavy (non-hydrogen) atoms. The Balaban J connectivity index is 1.40. The molecule has 0 aromatic heterocycles. The maximum absolute atomic E-state index is 13.8. The number of amides is 3. The molecule has 0 heterocycles. The molecule has 0 saturated carbocycles. The molecule has 3 atom stereocenters. The monoisotopic (exact) mass is 715 g/mol. The Labute approximate surface area is 312 Å². The number of ketones is 3. The van der Waals surface area contributed by atoms with Gasteiger partial charge in [0.1, 0.15) is 5.78 Å². The Kier molecular flexibility index (Phi) is 15.0. The van der Waals surface area contributed by atoms with Crippen molar-refractivity contribution in [3.8, 4) is 0 Å². The van der Waals surface area contributed by atoms with E-state index in [1.165, 1.54) is 6.92 Å². The quantitative estimate of drug-likeness (QED) is 0.108. The van der Waals surface area contributed by atoms with Crippen molar-refractivity contribution in [2.45, 2.75) is 71.4 Å². The summed E-state index contributed by atoms with van der Waals surface area (Å²) in [6.07, 6.45) is 0.945. The Hall–Kier alpha value is -5.70. The normalized spacial score (nSPS) is 12.8. The van der Waals surface area contributed by atoms with Gasteiger partial charge in [0.2, 0.25) is 17.6 Å². The largest absolute Gasteiger partial charge is 0.355 e. The van der Waals surface area contributed by atoms with E-state index in [-0.39, 0.29) is 43.8 Å². The molecule has 3 N–H and O–H groups in total. The van der Waals surface area contributed by atoms with Gasteiger partial charge in [-0.3, -0.25) is 28.8 Å². The van der Waals surface area contributed by atoms with Crippen LogP contribution in [0.1, 0.15) is 55.9 Å². The average Bonchev–Trinajstić information content (AvgIpc) is 3.15. The predicted octanol–water partition coefficient (Wildman–Crippen LogP) is 5.19. The van der Waals surface area contributed by atoms with E-state index in [0.29, 0.717) is 13.0 Å². The second kappa shape index (κ2) is 19.8. The topological polar surface area (TPSA) is 139 Å². The van der Waals surface area contributed by atoms with Gasteiger partial charge < -0.3 is 16.0 Å². The highest BCUT2D eigenvalue weighted by Gasteiger charge is 2.35. The van der Waals surface area contributed by atoms with Gasteiger partial charge in [-0.1, -0.05) is 135 Å². The van der Waals surface area contributed by atoms with Gasteiger partial charge >= 0.3 is 0 Å². The second-order valence-electron chi connectivity index (χ2n) is 14.1. The van der Waals surface area contributed by atoms with Crippen LogP contribution in [0.4, 0.5) is 0 Å². The van der Waals surface area contributed by atoms with Gasteiger partial charge in [-0.25, -0.2) is 0 Å². The Bertz CT molecular complexity index is 1830. The van der Waals surface area contributed by atoms with Crippen molar-refractivity contribution in [1.29, 1.82) is 0 Å². The summed E-state index contributed by atoms with van der Waals surface area (Å²) in [7, 11) is 0. The van der Waals surface area contributed by atoms with E-state index in [1.54, 1.807) is 13.8 Å². The van der Waals surface area contributed by atoms with Crippen molar-refractivity contribution in [3.05, 3.63) is 144 Å². The molecule has 0 spiro atoms. The molecule has 3 amide bonds. The number of hydrogen-bond acceptors (Lipinski definition) is 6. The van der Waals surface area contributed by atoms with Crippen LogP contribution in [0, 0.1) is 11.3 Å². The van der Waals surface area contributed by atoms with E-state index in [1.807, 2.05) is 121 Å². The van der Waals surface area contributed by atoms with Crippen LogP contribution in [0.15, 0.2) is 121 Å². The SMILES string of the molecule is CC(NC(=O)[C@@H](CC(=O)Cc1ccccc1)Cc1ccccc1)C(=O)C(=O)N[C@@H](Cc1ccccc1)C(=O)CC(C)(C)C(=O)NCCc1ccccc1. The maximum atomic E-state index is 13.8. The number of carbonyl (C=O) groups excluding carboxylic acids is 6. The van der Waals surface area contributed by atoms with Crippen molar-refractivity contribution >= 4 is 35.1 Å². The van der Waals surface area contributed by atoms with E-state index < -0.39 is 46.8 Å². The van der Waals surface area contributed by atoms with Crippen LogP contribution in [0.3, 0.4) is 0 Å². The summed E-state index contributed by atoms with van der Waals surface area (Å²) in [6, 6.07) is 35.0. The second-order valence-corrected chi connectivity index (χ2v) is 14.1. The third-order valence-electron chi connectivity index (χ3n) is 9.14. The highest BCUT2D eigenvalue weighted by molar-refractivity contribution is 6.38. The first-order valence-corrected chi connectivity index (χ1v) is 18.0. The fraction of sp³-hybridized carbons (Fsp3) is 0.318. The highest BCUT2D eigenvalue weighted by atomic mass is 16.2. The lowest BCUT2D eigenvalue weighted by Crippen LogP contribution is -2.52. The van der Waals surface area contributed by atoms with Gasteiger partial charge in [0.05, 0.1) is 17.5 Å². The summed E-state index contributed by atoms with van der Waals surface area (Å²) in [5.74, 6) is -4.10. The van der Waals surface area contributed by atoms with Crippen LogP contribution >= 0.6 is 0 Å². The molecule has 0 saturated heterocycles. The Morgan fingerprint density at radius 3 is 1.66 bits per heavy atom. The molecule has 0 bridgehead atoms. The number of Topliss-reactive ketones (excluding diaryl/α,β-unsaturated/α-hetero) is 3. The van der Waals surface area contributed by atoms with Gasteiger partial charge in [-0.2, -0.15) is 0 Å². The molecule has 1 unspecified atom stereocenters. The Morgan fingerprint density at radius 2 is 1.11 bits per heavy atom. The van der Waals surface area contributed by atoms with Crippen LogP contribution in [-0.4, -0.2) is 53.7 Å². The summed E-state index contributed by atoms with van der Waals surface area (Å²) in [5, 5.41) is 8.16. The van der Waals surface area contributed by atoms with Crippen molar-refractivity contribution in [1.82, 2.24) is 16.0 Å². The molecule has 4 rings (SSSR count). The van der Waals surface area contributed by atoms with Gasteiger partial charge in [0.15, 0.2) is 5.78 Å². The smallest absolute Gasteiger partial charge is 0.290 e. The first-order chi connectivity index (χ1) is 25.4. The lowest BCUT2D eigenvalue weighted by molar-refractivity contribution is -0.142. The number of rotatable bonds is 20. The van der Waals surface area contributed by atoms with Crippen LogP contribution in [-0.2, 0) is 54.5 Å². The summed E-state index contributed by atoms with van der Waals surface area (Å²) in [4.78, 5) is 80.3. The van der Waals surface area contributed by atoms with Crippen molar-refractivity contribution in [3.63, 3.8) is 0 Å². The first-order valence-electron chi connectivity index (χ1n) is 18.0. The molecular weight excluding hydrogens is 666 g/mol. The van der Waals surface area contributed by atoms with Crippen molar-refractivity contribution < 1.29 is 28.8 Å². The fourth-order valence-electron chi connectivity index (χ4n) is 6.09. The third-order valence-corrected chi connectivity index (χ3v) is 9.14. The molecule has 0 fully saturated rings. The first kappa shape index (κ1) is 40.1. The maximum Gasteiger partial charge on any atom is 0.290 e. The molecule has 0 aliphatic heterocycles. The highest BCUT2D eigenvalue weighted by Crippen LogP contribution is 2.23. The van der Waals surface area contributed by atoms with Crippen LogP contribution in [0.5, 0.6) is 0 Å². The van der Waals surface area contributed by atoms with Gasteiger partial charge in [0, 0.05) is 31.7 Å². The van der Waals surface area contributed by atoms with E-state index in [0.717, 1.165) is 22.3 Å². The Morgan fingerprint density at radius 1 is 0.623 bits per heavy atom. The molecule has 4 aromatic rings. The number of hydrogen-bond donors (Lipinski definition) is 3. The zero-order valence-electron chi connectivity index (χ0n) is 30.7. The van der Waals surface area contributed by atoms with E-state index >= 15 is 0 Å². The van der Waals surface area contributed by atoms with E-state index in [4.69, 9.17) is 0 Å². The van der Waals surface area contributed by atoms with Gasteiger partial charge in [-0.05, 0) is 48.4 Å². The minimum atomic E-state index is -1.23. The summed E-state index contributed by atoms with van der Waals surface area (Å²) in [5.41, 5.74) is 2.43. The molecular formula is C44H49N3O6. The standard InChI is InChI=1S/C44H49N3O6/c1-31(46-41(51)36(26-33-18-10-5-11-19-33)29-37(48)27-34-20-12-6-13-21-34)40(50)42(52)47-38(28-35-22-14-7-15-23-35)39(49)30-44(2,3)43(53)45-25-24-32-16-8-4-9-17-32/h4-23,31,36,38H,24-30H2,1-3H3,(H,45,53)(H,46,51)(H,47,52)/t31?,36-,38+/m1/s1. The zero-order chi connectivity index (χ0) is 38.2. The van der Waals surface area contributed by atoms with Crippen molar-refractivity contribution in [2.24, 2.45) is 11.3 Å². The van der Waals surface area contributed by atoms with E-state index in [9.17, 15) is 28.8 Å². The van der Waals surface area contributed by atoms with Crippen LogP contribution in [0.25, 0.3) is 0 Å². The molecule has 0 radical (unpaired) electrons. The number of nitrogens with one attached hydrogen (secondary N) is 3. The molecule has 4 aromatic carbocycles. The molecule has 0 aliphatic carbocycles. The van der Waals surface area contributed by atoms with Gasteiger partial charge in [-0.15, -0.1) is 0 Å². The van der Waals surface area contributed by atoms with Crippen LogP contribution < -0.4 is 16.0 Å². The molecule has 0 aliphatic rings. The third kappa shape index (κ3) is 13.1. The van der Waals surface area contributed by atoms with E-state index in [2.05, 4.69) is 16.0 Å². The van der Waals surface area contributed by atoms with Gasteiger partial charge in [0.25, 0.3) is 5.91 Å². The van der Waals surface area contributed by atoms with Crippen molar-refractivity contribution in [2.75, 3.05) is 6.54 Å². The summed E-state index contributed by atoms with van der Waals surface area (Å²) >= 11 is 0. The molecule has 276 valence electrons.